The highest BCUT2D eigenvalue weighted by Gasteiger charge is 2.11. The zero-order chi connectivity index (χ0) is 19.1. The zero-order valence-electron chi connectivity index (χ0n) is 14.4. The monoisotopic (exact) mass is 430 g/mol. The number of hydrazine groups is 1. The standard InChI is InChI=1S/C17H19BrN8O/c18-13-5-2-1-4-12(13)17(27)25-24-16-14(19)15(22-10-23-16)21-6-3-8-26-9-7-20-11-26/h1-2,4-5,7,9-11H,3,6,8,19H2,(H,25,27)(H2,21,22,23,24). The normalized spacial score (nSPS) is 10.4. The number of carbonyl (C=O) groups excluding carboxylic acids is 1. The maximum atomic E-state index is 12.2. The summed E-state index contributed by atoms with van der Waals surface area (Å²) in [5, 5.41) is 3.17. The number of aromatic nitrogens is 4. The Hall–Kier alpha value is -3.14. The van der Waals surface area contributed by atoms with Crippen molar-refractivity contribution in [2.45, 2.75) is 13.0 Å². The van der Waals surface area contributed by atoms with E-state index in [9.17, 15) is 4.79 Å². The number of nitrogens with zero attached hydrogens (tertiary/aromatic N) is 4. The summed E-state index contributed by atoms with van der Waals surface area (Å²) in [6.07, 6.45) is 7.68. The van der Waals surface area contributed by atoms with Gasteiger partial charge in [0.25, 0.3) is 5.91 Å². The van der Waals surface area contributed by atoms with Gasteiger partial charge in [-0.05, 0) is 34.5 Å². The van der Waals surface area contributed by atoms with Crippen LogP contribution in [0.5, 0.6) is 0 Å². The van der Waals surface area contributed by atoms with E-state index in [2.05, 4.69) is 47.1 Å². The third-order valence-electron chi connectivity index (χ3n) is 3.74. The first-order valence-corrected chi connectivity index (χ1v) is 9.05. The van der Waals surface area contributed by atoms with Gasteiger partial charge in [-0.15, -0.1) is 0 Å². The summed E-state index contributed by atoms with van der Waals surface area (Å²) in [7, 11) is 0. The van der Waals surface area contributed by atoms with Crippen LogP contribution in [0.1, 0.15) is 16.8 Å². The Morgan fingerprint density at radius 3 is 2.81 bits per heavy atom. The molecule has 27 heavy (non-hydrogen) atoms. The van der Waals surface area contributed by atoms with Crippen LogP contribution in [-0.2, 0) is 6.54 Å². The summed E-state index contributed by atoms with van der Waals surface area (Å²) >= 11 is 3.34. The molecule has 9 nitrogen and oxygen atoms in total. The fourth-order valence-electron chi connectivity index (χ4n) is 2.35. The van der Waals surface area contributed by atoms with Crippen molar-refractivity contribution < 1.29 is 4.79 Å². The van der Waals surface area contributed by atoms with Gasteiger partial charge in [-0.1, -0.05) is 12.1 Å². The summed E-state index contributed by atoms with van der Waals surface area (Å²) in [6, 6.07) is 7.11. The second-order valence-electron chi connectivity index (χ2n) is 5.62. The van der Waals surface area contributed by atoms with Crippen molar-refractivity contribution in [2.24, 2.45) is 0 Å². The molecule has 0 saturated heterocycles. The number of benzene rings is 1. The van der Waals surface area contributed by atoms with Gasteiger partial charge in [0.15, 0.2) is 11.6 Å². The van der Waals surface area contributed by atoms with Crippen molar-refractivity contribution in [2.75, 3.05) is 23.0 Å². The summed E-state index contributed by atoms with van der Waals surface area (Å²) in [6.45, 7) is 1.52. The van der Waals surface area contributed by atoms with Crippen LogP contribution in [-0.4, -0.2) is 32.0 Å². The van der Waals surface area contributed by atoms with Crippen LogP contribution in [0, 0.1) is 0 Å². The SMILES string of the molecule is Nc1c(NCCCn2ccnc2)ncnc1NNC(=O)c1ccccc1Br. The third-order valence-corrected chi connectivity index (χ3v) is 4.43. The summed E-state index contributed by atoms with van der Waals surface area (Å²) in [4.78, 5) is 24.5. The van der Waals surface area contributed by atoms with Crippen LogP contribution in [0.15, 0.2) is 53.8 Å². The van der Waals surface area contributed by atoms with Crippen molar-refractivity contribution in [3.63, 3.8) is 0 Å². The number of amides is 1. The second kappa shape index (κ2) is 8.99. The topological polar surface area (TPSA) is 123 Å². The van der Waals surface area contributed by atoms with Crippen LogP contribution in [0.2, 0.25) is 0 Å². The first-order chi connectivity index (χ1) is 13.1. The van der Waals surface area contributed by atoms with Gasteiger partial charge in [-0.25, -0.2) is 15.0 Å². The van der Waals surface area contributed by atoms with Crippen molar-refractivity contribution in [1.82, 2.24) is 24.9 Å². The lowest BCUT2D eigenvalue weighted by Crippen LogP contribution is -2.30. The van der Waals surface area contributed by atoms with Gasteiger partial charge in [0.05, 0.1) is 11.9 Å². The third kappa shape index (κ3) is 4.94. The predicted molar refractivity (Wildman–Crippen MR) is 107 cm³/mol. The van der Waals surface area contributed by atoms with E-state index in [0.29, 0.717) is 33.9 Å². The van der Waals surface area contributed by atoms with Gasteiger partial charge in [0, 0.05) is 30.0 Å². The minimum atomic E-state index is -0.310. The van der Waals surface area contributed by atoms with E-state index in [1.807, 2.05) is 16.8 Å². The maximum absolute atomic E-state index is 12.2. The molecule has 1 aromatic carbocycles. The molecule has 0 radical (unpaired) electrons. The second-order valence-corrected chi connectivity index (χ2v) is 6.48. The predicted octanol–water partition coefficient (Wildman–Crippen LogP) is 2.28. The van der Waals surface area contributed by atoms with Gasteiger partial charge in [-0.2, -0.15) is 0 Å². The molecule has 140 valence electrons. The van der Waals surface area contributed by atoms with Gasteiger partial charge in [0.1, 0.15) is 12.0 Å². The number of anilines is 3. The molecule has 0 aliphatic carbocycles. The Kier molecular flexibility index (Phi) is 6.21. The number of imidazole rings is 1. The Bertz CT molecular complexity index is 900. The van der Waals surface area contributed by atoms with Gasteiger partial charge in [-0.3, -0.25) is 15.6 Å². The van der Waals surface area contributed by atoms with E-state index in [4.69, 9.17) is 5.73 Å². The number of nitrogen functional groups attached to an aromatic ring is 1. The molecular formula is C17H19BrN8O. The number of rotatable bonds is 8. The number of carbonyl (C=O) groups is 1. The largest absolute Gasteiger partial charge is 0.393 e. The fourth-order valence-corrected chi connectivity index (χ4v) is 2.82. The molecule has 0 unspecified atom stereocenters. The molecule has 1 amide bonds. The molecule has 2 aromatic heterocycles. The minimum Gasteiger partial charge on any atom is -0.393 e. The summed E-state index contributed by atoms with van der Waals surface area (Å²) in [5.74, 6) is 0.520. The highest BCUT2D eigenvalue weighted by Crippen LogP contribution is 2.22. The van der Waals surface area contributed by atoms with E-state index in [0.717, 1.165) is 13.0 Å². The quantitative estimate of drug-likeness (QED) is 0.319. The Morgan fingerprint density at radius 2 is 2.04 bits per heavy atom. The van der Waals surface area contributed by atoms with Crippen LogP contribution in [0.25, 0.3) is 0 Å². The van der Waals surface area contributed by atoms with Crippen LogP contribution >= 0.6 is 15.9 Å². The average molecular weight is 431 g/mol. The average Bonchev–Trinajstić information content (AvgIpc) is 3.19. The van der Waals surface area contributed by atoms with Gasteiger partial charge < -0.3 is 15.6 Å². The first-order valence-electron chi connectivity index (χ1n) is 8.26. The number of halogens is 1. The van der Waals surface area contributed by atoms with Crippen LogP contribution in [0.3, 0.4) is 0 Å². The molecule has 0 spiro atoms. The van der Waals surface area contributed by atoms with Crippen LogP contribution < -0.4 is 21.9 Å². The van der Waals surface area contributed by atoms with Crippen molar-refractivity contribution in [3.05, 3.63) is 59.3 Å². The van der Waals surface area contributed by atoms with Gasteiger partial charge in [0.2, 0.25) is 0 Å². The van der Waals surface area contributed by atoms with Crippen molar-refractivity contribution in [1.29, 1.82) is 0 Å². The smallest absolute Gasteiger partial charge is 0.270 e. The Balaban J connectivity index is 1.54. The molecule has 5 N–H and O–H groups in total. The fraction of sp³-hybridized carbons (Fsp3) is 0.176. The molecule has 3 rings (SSSR count). The molecule has 0 aliphatic rings. The molecular weight excluding hydrogens is 412 g/mol. The number of hydrogen-bond acceptors (Lipinski definition) is 7. The molecule has 0 atom stereocenters. The lowest BCUT2D eigenvalue weighted by molar-refractivity contribution is 0.0961. The highest BCUT2D eigenvalue weighted by molar-refractivity contribution is 9.10. The zero-order valence-corrected chi connectivity index (χ0v) is 16.0. The van der Waals surface area contributed by atoms with E-state index in [1.54, 1.807) is 30.7 Å². The number of nitrogens with two attached hydrogens (primary N) is 1. The van der Waals surface area contributed by atoms with E-state index in [1.165, 1.54) is 6.33 Å². The molecule has 0 bridgehead atoms. The van der Waals surface area contributed by atoms with E-state index < -0.39 is 0 Å². The Morgan fingerprint density at radius 1 is 1.22 bits per heavy atom. The molecule has 10 heteroatoms. The van der Waals surface area contributed by atoms with Crippen molar-refractivity contribution in [3.8, 4) is 0 Å². The molecule has 3 aromatic rings. The van der Waals surface area contributed by atoms with Crippen molar-refractivity contribution >= 4 is 39.2 Å². The summed E-state index contributed by atoms with van der Waals surface area (Å²) in [5.41, 5.74) is 12.2. The van der Waals surface area contributed by atoms with Gasteiger partial charge >= 0.3 is 0 Å². The number of nitrogens with one attached hydrogen (secondary N) is 3. The molecule has 0 fully saturated rings. The highest BCUT2D eigenvalue weighted by atomic mass is 79.9. The number of hydrogen-bond donors (Lipinski definition) is 4. The summed E-state index contributed by atoms with van der Waals surface area (Å²) < 4.78 is 2.69. The minimum absolute atomic E-state index is 0.310. The Labute approximate surface area is 164 Å². The van der Waals surface area contributed by atoms with E-state index in [-0.39, 0.29) is 5.91 Å². The molecule has 0 aliphatic heterocycles. The molecule has 2 heterocycles. The number of aryl methyl sites for hydroxylation is 1. The van der Waals surface area contributed by atoms with E-state index >= 15 is 0 Å². The molecule has 0 saturated carbocycles. The maximum Gasteiger partial charge on any atom is 0.270 e. The van der Waals surface area contributed by atoms with Crippen LogP contribution in [0.4, 0.5) is 17.3 Å². The lowest BCUT2D eigenvalue weighted by Gasteiger charge is -2.13. The first kappa shape index (κ1) is 18.6. The lowest BCUT2D eigenvalue weighted by atomic mass is 10.2.